The number of fused-ring (bicyclic) bond motifs is 3. The Morgan fingerprint density at radius 1 is 1.12 bits per heavy atom. The lowest BCUT2D eigenvalue weighted by Gasteiger charge is -2.04. The number of pyridine rings is 1. The van der Waals surface area contributed by atoms with Gasteiger partial charge in [0.15, 0.2) is 0 Å². The molecule has 4 rings (SSSR count). The number of benzene rings is 1. The predicted octanol–water partition coefficient (Wildman–Crippen LogP) is 1.81. The second-order valence-electron chi connectivity index (χ2n) is 6.02. The lowest BCUT2D eigenvalue weighted by molar-refractivity contribution is -0.117. The molecule has 0 saturated carbocycles. The summed E-state index contributed by atoms with van der Waals surface area (Å²) < 4.78 is 4.67. The summed E-state index contributed by atoms with van der Waals surface area (Å²) in [6, 6.07) is 13.0. The third kappa shape index (κ3) is 2.55. The van der Waals surface area contributed by atoms with Gasteiger partial charge in [0.1, 0.15) is 12.4 Å². The number of hydrogen-bond donors (Lipinski definition) is 1. The summed E-state index contributed by atoms with van der Waals surface area (Å²) in [5.74, 6) is 0.633. The SMILES string of the molecule is CCn1c2ccccc2n2c(=O)n(CC(=O)Nc3cccc(C)n3)nc12. The Morgan fingerprint density at radius 3 is 2.62 bits per heavy atom. The Balaban J connectivity index is 1.70. The number of aryl methyl sites for hydroxylation is 2. The average Bonchev–Trinajstić information content (AvgIpc) is 3.09. The maximum absolute atomic E-state index is 12.8. The van der Waals surface area contributed by atoms with E-state index in [1.165, 1.54) is 9.08 Å². The number of carbonyl (C=O) groups is 1. The highest BCUT2D eigenvalue weighted by Crippen LogP contribution is 2.17. The normalized spacial score (nSPS) is 11.3. The van der Waals surface area contributed by atoms with Crippen molar-refractivity contribution in [3.8, 4) is 0 Å². The molecule has 0 atom stereocenters. The lowest BCUT2D eigenvalue weighted by Crippen LogP contribution is -2.28. The van der Waals surface area contributed by atoms with Crippen LogP contribution in [0.4, 0.5) is 5.82 Å². The highest BCUT2D eigenvalue weighted by Gasteiger charge is 2.18. The Hall–Kier alpha value is -3.42. The van der Waals surface area contributed by atoms with E-state index in [0.717, 1.165) is 16.7 Å². The highest BCUT2D eigenvalue weighted by atomic mass is 16.2. The number of anilines is 1. The molecule has 0 saturated heterocycles. The van der Waals surface area contributed by atoms with E-state index in [-0.39, 0.29) is 18.1 Å². The maximum atomic E-state index is 12.8. The van der Waals surface area contributed by atoms with Crippen molar-refractivity contribution in [2.45, 2.75) is 26.9 Å². The van der Waals surface area contributed by atoms with Crippen LogP contribution in [-0.4, -0.2) is 29.6 Å². The van der Waals surface area contributed by atoms with Gasteiger partial charge in [0, 0.05) is 12.2 Å². The molecule has 26 heavy (non-hydrogen) atoms. The van der Waals surface area contributed by atoms with Crippen LogP contribution in [0.2, 0.25) is 0 Å². The van der Waals surface area contributed by atoms with E-state index >= 15 is 0 Å². The number of para-hydroxylation sites is 2. The maximum Gasteiger partial charge on any atom is 0.352 e. The molecule has 0 unspecified atom stereocenters. The van der Waals surface area contributed by atoms with E-state index in [2.05, 4.69) is 15.4 Å². The molecule has 8 heteroatoms. The van der Waals surface area contributed by atoms with Crippen LogP contribution in [0, 0.1) is 6.92 Å². The van der Waals surface area contributed by atoms with Gasteiger partial charge in [-0.3, -0.25) is 4.79 Å². The fraction of sp³-hybridized carbons (Fsp3) is 0.222. The summed E-state index contributed by atoms with van der Waals surface area (Å²) in [4.78, 5) is 29.3. The molecule has 3 aromatic heterocycles. The van der Waals surface area contributed by atoms with Gasteiger partial charge in [-0.05, 0) is 38.1 Å². The molecule has 0 aliphatic heterocycles. The smallest absolute Gasteiger partial charge is 0.309 e. The molecule has 0 radical (unpaired) electrons. The first-order chi connectivity index (χ1) is 12.6. The quantitative estimate of drug-likeness (QED) is 0.608. The third-order valence-corrected chi connectivity index (χ3v) is 4.24. The molecular formula is C18H18N6O2. The number of imidazole rings is 1. The molecule has 3 heterocycles. The molecule has 0 spiro atoms. The number of hydrogen-bond acceptors (Lipinski definition) is 4. The molecular weight excluding hydrogens is 332 g/mol. The van der Waals surface area contributed by atoms with Gasteiger partial charge < -0.3 is 9.88 Å². The van der Waals surface area contributed by atoms with Crippen molar-refractivity contribution < 1.29 is 4.79 Å². The summed E-state index contributed by atoms with van der Waals surface area (Å²) in [6.45, 7) is 4.34. The van der Waals surface area contributed by atoms with E-state index in [0.29, 0.717) is 18.1 Å². The summed E-state index contributed by atoms with van der Waals surface area (Å²) in [5, 5.41) is 7.06. The molecule has 4 aromatic rings. The minimum absolute atomic E-state index is 0.172. The van der Waals surface area contributed by atoms with Gasteiger partial charge >= 0.3 is 5.69 Å². The summed E-state index contributed by atoms with van der Waals surface area (Å²) in [5.41, 5.74) is 2.18. The van der Waals surface area contributed by atoms with Crippen LogP contribution in [0.1, 0.15) is 12.6 Å². The van der Waals surface area contributed by atoms with Crippen molar-refractivity contribution in [2.75, 3.05) is 5.32 Å². The summed E-state index contributed by atoms with van der Waals surface area (Å²) in [7, 11) is 0. The number of carbonyl (C=O) groups excluding carboxylic acids is 1. The van der Waals surface area contributed by atoms with E-state index in [1.54, 1.807) is 6.07 Å². The Kier molecular flexibility index (Phi) is 3.80. The van der Waals surface area contributed by atoms with Crippen molar-refractivity contribution in [3.63, 3.8) is 0 Å². The molecule has 0 fully saturated rings. The van der Waals surface area contributed by atoms with Crippen molar-refractivity contribution in [3.05, 3.63) is 58.6 Å². The molecule has 1 amide bonds. The highest BCUT2D eigenvalue weighted by molar-refractivity contribution is 5.89. The van der Waals surface area contributed by atoms with Crippen molar-refractivity contribution >= 4 is 28.5 Å². The summed E-state index contributed by atoms with van der Waals surface area (Å²) in [6.07, 6.45) is 0. The van der Waals surface area contributed by atoms with E-state index in [1.807, 2.05) is 54.8 Å². The van der Waals surface area contributed by atoms with Gasteiger partial charge in [-0.2, -0.15) is 0 Å². The van der Waals surface area contributed by atoms with Crippen molar-refractivity contribution in [1.29, 1.82) is 0 Å². The van der Waals surface area contributed by atoms with Crippen LogP contribution in [0.3, 0.4) is 0 Å². The van der Waals surface area contributed by atoms with Crippen LogP contribution < -0.4 is 11.0 Å². The van der Waals surface area contributed by atoms with Crippen LogP contribution in [0.15, 0.2) is 47.3 Å². The number of nitrogens with zero attached hydrogens (tertiary/aromatic N) is 5. The standard InChI is InChI=1S/C18H18N6O2/c1-3-22-13-8-4-5-9-14(13)24-17(22)21-23(18(24)26)11-16(25)20-15-10-6-7-12(2)19-15/h4-10H,3,11H2,1-2H3,(H,19,20,25). The van der Waals surface area contributed by atoms with E-state index < -0.39 is 0 Å². The molecule has 8 nitrogen and oxygen atoms in total. The minimum atomic E-state index is -0.349. The first kappa shape index (κ1) is 16.1. The van der Waals surface area contributed by atoms with Crippen LogP contribution in [-0.2, 0) is 17.9 Å². The zero-order valence-electron chi connectivity index (χ0n) is 14.5. The predicted molar refractivity (Wildman–Crippen MR) is 98.2 cm³/mol. The Bertz CT molecular complexity index is 1180. The third-order valence-electron chi connectivity index (χ3n) is 4.24. The second kappa shape index (κ2) is 6.14. The van der Waals surface area contributed by atoms with Gasteiger partial charge in [-0.1, -0.05) is 18.2 Å². The van der Waals surface area contributed by atoms with E-state index in [4.69, 9.17) is 0 Å². The number of aromatic nitrogens is 5. The largest absolute Gasteiger partial charge is 0.352 e. The molecule has 1 N–H and O–H groups in total. The molecule has 1 aromatic carbocycles. The van der Waals surface area contributed by atoms with Gasteiger partial charge in [0.25, 0.3) is 0 Å². The van der Waals surface area contributed by atoms with Gasteiger partial charge in [0.05, 0.1) is 11.0 Å². The average molecular weight is 350 g/mol. The number of nitrogens with one attached hydrogen (secondary N) is 1. The van der Waals surface area contributed by atoms with Crippen LogP contribution >= 0.6 is 0 Å². The molecule has 0 aliphatic carbocycles. The fourth-order valence-electron chi connectivity index (χ4n) is 3.12. The first-order valence-corrected chi connectivity index (χ1v) is 8.39. The Morgan fingerprint density at radius 2 is 1.88 bits per heavy atom. The molecule has 0 bridgehead atoms. The molecule has 0 aliphatic rings. The summed E-state index contributed by atoms with van der Waals surface area (Å²) >= 11 is 0. The van der Waals surface area contributed by atoms with Crippen LogP contribution in [0.5, 0.6) is 0 Å². The number of rotatable bonds is 4. The zero-order valence-corrected chi connectivity index (χ0v) is 14.5. The van der Waals surface area contributed by atoms with Gasteiger partial charge in [-0.15, -0.1) is 5.10 Å². The van der Waals surface area contributed by atoms with Crippen LogP contribution in [0.25, 0.3) is 16.8 Å². The molecule has 132 valence electrons. The zero-order chi connectivity index (χ0) is 18.3. The van der Waals surface area contributed by atoms with Crippen molar-refractivity contribution in [1.82, 2.24) is 23.7 Å². The number of amides is 1. The van der Waals surface area contributed by atoms with Gasteiger partial charge in [0.2, 0.25) is 11.7 Å². The fourth-order valence-corrected chi connectivity index (χ4v) is 3.12. The van der Waals surface area contributed by atoms with E-state index in [9.17, 15) is 9.59 Å². The first-order valence-electron chi connectivity index (χ1n) is 8.39. The minimum Gasteiger partial charge on any atom is -0.309 e. The lowest BCUT2D eigenvalue weighted by atomic mass is 10.3. The topological polar surface area (TPSA) is 86.2 Å². The van der Waals surface area contributed by atoms with Gasteiger partial charge in [-0.25, -0.2) is 18.9 Å². The second-order valence-corrected chi connectivity index (χ2v) is 6.02. The monoisotopic (exact) mass is 350 g/mol. The Labute approximate surface area is 148 Å². The van der Waals surface area contributed by atoms with Crippen molar-refractivity contribution in [2.24, 2.45) is 0 Å².